The van der Waals surface area contributed by atoms with E-state index in [4.69, 9.17) is 4.74 Å². The Morgan fingerprint density at radius 3 is 2.27 bits per heavy atom. The van der Waals surface area contributed by atoms with Gasteiger partial charge in [0.15, 0.2) is 0 Å². The third-order valence-electron chi connectivity index (χ3n) is 8.01. The maximum absolute atomic E-state index is 11.7. The van der Waals surface area contributed by atoms with E-state index in [0.717, 1.165) is 75.5 Å². The number of ether oxygens (including phenoxy) is 1. The zero-order chi connectivity index (χ0) is 27.6. The number of halogens is 1. The number of hydrogen-bond donors (Lipinski definition) is 5. The van der Waals surface area contributed by atoms with Crippen LogP contribution in [0, 0.1) is 0 Å². The second-order valence-corrected chi connectivity index (χ2v) is 11.0. The molecule has 5 heterocycles. The minimum Gasteiger partial charge on any atom is -0.489 e. The van der Waals surface area contributed by atoms with E-state index >= 15 is 0 Å². The van der Waals surface area contributed by atoms with E-state index in [0.29, 0.717) is 18.9 Å². The first-order chi connectivity index (χ1) is 19.6. The molecule has 11 heteroatoms. The molecular formula is C30H44ClN7O3. The van der Waals surface area contributed by atoms with E-state index in [1.807, 2.05) is 12.1 Å². The highest BCUT2D eigenvalue weighted by Gasteiger charge is 2.26. The highest BCUT2D eigenvalue weighted by Crippen LogP contribution is 2.27. The standard InChI is InChI=1S/C16H24N2O.C14H19N5O2.ClH/c1-2-16(12-18-9-1)19-15-5-3-13(4-6-15)14-7-10-17-11-8-14;20-13-4-2-11(14(21)18-13)17-10-1-3-12(16-9-10)19-7-5-15-6-8-19;/h3-6,14,16-18H,1-2,7-12H2;1,3,9,11,15,17H,2,4-8H2,(H,18,20,21);1H. The van der Waals surface area contributed by atoms with E-state index in [-0.39, 0.29) is 30.3 Å². The number of amides is 2. The fourth-order valence-electron chi connectivity index (χ4n) is 5.67. The average Bonchev–Trinajstić information content (AvgIpc) is 3.01. The van der Waals surface area contributed by atoms with Gasteiger partial charge in [0.2, 0.25) is 11.8 Å². The van der Waals surface area contributed by atoms with E-state index in [1.54, 1.807) is 6.20 Å². The lowest BCUT2D eigenvalue weighted by Crippen LogP contribution is -2.47. The van der Waals surface area contributed by atoms with Crippen LogP contribution in [0.4, 0.5) is 11.5 Å². The summed E-state index contributed by atoms with van der Waals surface area (Å²) < 4.78 is 6.02. The predicted octanol–water partition coefficient (Wildman–Crippen LogP) is 2.41. The number of nitrogens with zero attached hydrogens (tertiary/aromatic N) is 2. The largest absolute Gasteiger partial charge is 0.489 e. The highest BCUT2D eigenvalue weighted by molar-refractivity contribution is 6.01. The van der Waals surface area contributed by atoms with Gasteiger partial charge in [0, 0.05) is 39.1 Å². The molecule has 2 atom stereocenters. The lowest BCUT2D eigenvalue weighted by Gasteiger charge is -2.28. The van der Waals surface area contributed by atoms with Gasteiger partial charge in [-0.1, -0.05) is 12.1 Å². The van der Waals surface area contributed by atoms with Gasteiger partial charge >= 0.3 is 0 Å². The van der Waals surface area contributed by atoms with Crippen molar-refractivity contribution < 1.29 is 14.3 Å². The second-order valence-electron chi connectivity index (χ2n) is 11.0. The Bertz CT molecular complexity index is 1080. The van der Waals surface area contributed by atoms with Gasteiger partial charge in [-0.15, -0.1) is 12.4 Å². The molecular weight excluding hydrogens is 542 g/mol. The van der Waals surface area contributed by atoms with Gasteiger partial charge in [-0.2, -0.15) is 0 Å². The molecule has 0 spiro atoms. The van der Waals surface area contributed by atoms with Crippen LogP contribution in [-0.2, 0) is 9.59 Å². The number of nitrogens with one attached hydrogen (secondary N) is 5. The third kappa shape index (κ3) is 9.29. The maximum atomic E-state index is 11.7. The normalized spacial score (nSPS) is 23.4. The van der Waals surface area contributed by atoms with Crippen molar-refractivity contribution in [1.29, 1.82) is 0 Å². The summed E-state index contributed by atoms with van der Waals surface area (Å²) in [5.41, 5.74) is 2.26. The Labute approximate surface area is 249 Å². The first-order valence-corrected chi connectivity index (χ1v) is 14.8. The minimum atomic E-state index is -0.366. The van der Waals surface area contributed by atoms with Crippen LogP contribution < -0.4 is 36.2 Å². The van der Waals surface area contributed by atoms with Gasteiger partial charge in [-0.25, -0.2) is 4.98 Å². The molecule has 4 saturated heterocycles. The third-order valence-corrected chi connectivity index (χ3v) is 8.01. The van der Waals surface area contributed by atoms with Crippen molar-refractivity contribution in [3.8, 4) is 5.75 Å². The summed E-state index contributed by atoms with van der Waals surface area (Å²) >= 11 is 0. The van der Waals surface area contributed by atoms with Gasteiger partial charge < -0.3 is 30.9 Å². The summed E-state index contributed by atoms with van der Waals surface area (Å²) in [6.07, 6.45) is 7.87. The molecule has 2 amide bonds. The van der Waals surface area contributed by atoms with Gasteiger partial charge in [-0.05, 0) is 87.5 Å². The zero-order valence-electron chi connectivity index (χ0n) is 23.7. The van der Waals surface area contributed by atoms with Gasteiger partial charge in [0.1, 0.15) is 23.7 Å². The van der Waals surface area contributed by atoms with Crippen molar-refractivity contribution in [1.82, 2.24) is 26.3 Å². The van der Waals surface area contributed by atoms with Crippen LogP contribution in [0.5, 0.6) is 5.75 Å². The maximum Gasteiger partial charge on any atom is 0.249 e. The molecule has 1 aromatic heterocycles. The van der Waals surface area contributed by atoms with E-state index in [9.17, 15) is 9.59 Å². The SMILES string of the molecule is Cl.O=C1CCC(Nc2ccc(N3CCNCC3)nc2)C(=O)N1.c1cc(C2CCNCC2)ccc1OC1CCCNC1. The Hall–Kier alpha value is -2.92. The molecule has 1 aromatic carbocycles. The van der Waals surface area contributed by atoms with Crippen molar-refractivity contribution in [2.75, 3.05) is 62.6 Å². The van der Waals surface area contributed by atoms with E-state index < -0.39 is 0 Å². The first kappa shape index (κ1) is 31.0. The molecule has 4 aliphatic heterocycles. The number of piperidine rings is 3. The fraction of sp³-hybridized carbons (Fsp3) is 0.567. The molecule has 0 bridgehead atoms. The van der Waals surface area contributed by atoms with Crippen LogP contribution in [0.2, 0.25) is 0 Å². The predicted molar refractivity (Wildman–Crippen MR) is 164 cm³/mol. The molecule has 6 rings (SSSR count). The molecule has 2 unspecified atom stereocenters. The van der Waals surface area contributed by atoms with Crippen LogP contribution in [-0.4, -0.2) is 81.3 Å². The molecule has 0 radical (unpaired) electrons. The topological polar surface area (TPSA) is 120 Å². The monoisotopic (exact) mass is 585 g/mol. The molecule has 2 aromatic rings. The number of carbonyl (C=O) groups is 2. The number of aromatic nitrogens is 1. The quantitative estimate of drug-likeness (QED) is 0.326. The van der Waals surface area contributed by atoms with Crippen LogP contribution in [0.15, 0.2) is 42.6 Å². The zero-order valence-corrected chi connectivity index (χ0v) is 24.5. The van der Waals surface area contributed by atoms with Crippen LogP contribution in [0.1, 0.15) is 50.0 Å². The second kappa shape index (κ2) is 15.9. The van der Waals surface area contributed by atoms with Crippen molar-refractivity contribution in [2.24, 2.45) is 0 Å². The summed E-state index contributed by atoms with van der Waals surface area (Å²) in [7, 11) is 0. The van der Waals surface area contributed by atoms with Crippen molar-refractivity contribution >= 4 is 35.7 Å². The Morgan fingerprint density at radius 2 is 1.61 bits per heavy atom. The summed E-state index contributed by atoms with van der Waals surface area (Å²) in [6, 6.07) is 12.3. The van der Waals surface area contributed by atoms with Crippen LogP contribution in [0.25, 0.3) is 0 Å². The van der Waals surface area contributed by atoms with Crippen molar-refractivity contribution in [3.05, 3.63) is 48.2 Å². The molecule has 0 saturated carbocycles. The van der Waals surface area contributed by atoms with E-state index in [2.05, 4.69) is 60.7 Å². The number of piperazine rings is 1. The number of imide groups is 1. The number of anilines is 2. The summed E-state index contributed by atoms with van der Waals surface area (Å²) in [5, 5.41) is 15.6. The smallest absolute Gasteiger partial charge is 0.249 e. The molecule has 4 fully saturated rings. The van der Waals surface area contributed by atoms with E-state index in [1.165, 1.54) is 31.2 Å². The number of carbonyl (C=O) groups excluding carboxylic acids is 2. The molecule has 4 aliphatic rings. The van der Waals surface area contributed by atoms with Crippen LogP contribution in [0.3, 0.4) is 0 Å². The number of pyridine rings is 1. The highest BCUT2D eigenvalue weighted by atomic mass is 35.5. The summed E-state index contributed by atoms with van der Waals surface area (Å²) in [6.45, 7) is 8.26. The molecule has 10 nitrogen and oxygen atoms in total. The lowest BCUT2D eigenvalue weighted by molar-refractivity contribution is -0.133. The summed E-state index contributed by atoms with van der Waals surface area (Å²) in [4.78, 5) is 29.5. The van der Waals surface area contributed by atoms with Gasteiger partial charge in [0.25, 0.3) is 0 Å². The van der Waals surface area contributed by atoms with Crippen molar-refractivity contribution in [2.45, 2.75) is 56.6 Å². The molecule has 5 N–H and O–H groups in total. The lowest BCUT2D eigenvalue weighted by atomic mass is 9.90. The Morgan fingerprint density at radius 1 is 0.854 bits per heavy atom. The molecule has 224 valence electrons. The average molecular weight is 586 g/mol. The Balaban J connectivity index is 0.000000185. The number of rotatable bonds is 6. The summed E-state index contributed by atoms with van der Waals surface area (Å²) in [5.74, 6) is 2.23. The number of hydrogen-bond acceptors (Lipinski definition) is 9. The van der Waals surface area contributed by atoms with Gasteiger partial charge in [0.05, 0.1) is 11.9 Å². The fourth-order valence-corrected chi connectivity index (χ4v) is 5.67. The van der Waals surface area contributed by atoms with Gasteiger partial charge in [-0.3, -0.25) is 14.9 Å². The minimum absolute atomic E-state index is 0. The van der Waals surface area contributed by atoms with Crippen molar-refractivity contribution in [3.63, 3.8) is 0 Å². The molecule has 41 heavy (non-hydrogen) atoms. The number of benzene rings is 1. The molecule has 0 aliphatic carbocycles. The van der Waals surface area contributed by atoms with Crippen LogP contribution >= 0.6 is 12.4 Å². The Kier molecular flexibility index (Phi) is 12.0. The first-order valence-electron chi connectivity index (χ1n) is 14.8.